The van der Waals surface area contributed by atoms with Crippen LogP contribution in [0.4, 0.5) is 0 Å². The van der Waals surface area contributed by atoms with Crippen molar-refractivity contribution in [3.63, 3.8) is 0 Å². The molecular weight excluding hydrogens is 322 g/mol. The molecule has 0 atom stereocenters. The van der Waals surface area contributed by atoms with Crippen LogP contribution in [0.15, 0.2) is 16.6 Å². The maximum absolute atomic E-state index is 5.75. The van der Waals surface area contributed by atoms with Crippen molar-refractivity contribution in [1.82, 2.24) is 5.32 Å². The first kappa shape index (κ1) is 14.2. The van der Waals surface area contributed by atoms with E-state index in [1.165, 1.54) is 5.56 Å². The zero-order chi connectivity index (χ0) is 13.9. The van der Waals surface area contributed by atoms with Crippen LogP contribution in [-0.4, -0.2) is 32.5 Å². The molecule has 3 rings (SSSR count). The maximum Gasteiger partial charge on any atom is 0.175 e. The average molecular weight is 342 g/mol. The van der Waals surface area contributed by atoms with Crippen LogP contribution in [0.1, 0.15) is 24.8 Å². The minimum absolute atomic E-state index is 0.433. The van der Waals surface area contributed by atoms with Gasteiger partial charge in [0.1, 0.15) is 0 Å². The van der Waals surface area contributed by atoms with E-state index in [4.69, 9.17) is 14.2 Å². The molecule has 1 saturated carbocycles. The van der Waals surface area contributed by atoms with E-state index in [-0.39, 0.29) is 0 Å². The Labute approximate surface area is 127 Å². The Morgan fingerprint density at radius 1 is 1.30 bits per heavy atom. The van der Waals surface area contributed by atoms with E-state index in [0.717, 1.165) is 41.8 Å². The molecule has 0 saturated heterocycles. The molecule has 20 heavy (non-hydrogen) atoms. The normalized spacial score (nSPS) is 24.9. The Morgan fingerprint density at radius 2 is 2.10 bits per heavy atom. The number of ether oxygens (including phenoxy) is 3. The van der Waals surface area contributed by atoms with Crippen LogP contribution < -0.4 is 14.8 Å². The van der Waals surface area contributed by atoms with Crippen LogP contribution in [0.2, 0.25) is 0 Å². The smallest absolute Gasteiger partial charge is 0.175 e. The van der Waals surface area contributed by atoms with Crippen molar-refractivity contribution < 1.29 is 14.2 Å². The van der Waals surface area contributed by atoms with Gasteiger partial charge in [-0.25, -0.2) is 0 Å². The van der Waals surface area contributed by atoms with E-state index in [1.54, 1.807) is 7.11 Å². The Balaban J connectivity index is 1.62. The predicted molar refractivity (Wildman–Crippen MR) is 80.4 cm³/mol. The van der Waals surface area contributed by atoms with Crippen molar-refractivity contribution in [2.75, 3.05) is 20.3 Å². The number of methoxy groups -OCH3 is 1. The summed E-state index contributed by atoms with van der Waals surface area (Å²) in [6.45, 7) is 2.27. The minimum Gasteiger partial charge on any atom is -0.490 e. The van der Waals surface area contributed by atoms with Crippen molar-refractivity contribution in [3.05, 3.63) is 22.2 Å². The van der Waals surface area contributed by atoms with Crippen LogP contribution in [0.3, 0.4) is 0 Å². The molecule has 2 aliphatic rings. The van der Waals surface area contributed by atoms with Gasteiger partial charge in [0.25, 0.3) is 0 Å². The van der Waals surface area contributed by atoms with Crippen LogP contribution in [0.5, 0.6) is 11.5 Å². The molecule has 0 bridgehead atoms. The van der Waals surface area contributed by atoms with Gasteiger partial charge in [0.15, 0.2) is 11.5 Å². The summed E-state index contributed by atoms with van der Waals surface area (Å²) in [6, 6.07) is 4.74. The van der Waals surface area contributed by atoms with Gasteiger partial charge in [-0.3, -0.25) is 0 Å². The van der Waals surface area contributed by atoms with Crippen molar-refractivity contribution in [2.24, 2.45) is 0 Å². The van der Waals surface area contributed by atoms with E-state index < -0.39 is 0 Å². The number of rotatable bonds is 4. The molecule has 1 fully saturated rings. The summed E-state index contributed by atoms with van der Waals surface area (Å²) in [4.78, 5) is 0. The molecule has 0 amide bonds. The van der Waals surface area contributed by atoms with Crippen LogP contribution in [0.25, 0.3) is 0 Å². The molecule has 5 heteroatoms. The molecule has 1 N–H and O–H groups in total. The lowest BCUT2D eigenvalue weighted by Gasteiger charge is -2.34. The molecule has 0 aromatic heterocycles. The van der Waals surface area contributed by atoms with Crippen LogP contribution >= 0.6 is 15.9 Å². The molecule has 0 spiro atoms. The lowest BCUT2D eigenvalue weighted by atomic mass is 9.89. The van der Waals surface area contributed by atoms with Gasteiger partial charge >= 0.3 is 0 Å². The van der Waals surface area contributed by atoms with Gasteiger partial charge in [-0.2, -0.15) is 0 Å². The third kappa shape index (κ3) is 3.10. The quantitative estimate of drug-likeness (QED) is 0.913. The fraction of sp³-hybridized carbons (Fsp3) is 0.600. The summed E-state index contributed by atoms with van der Waals surface area (Å²) in [5.41, 5.74) is 1.21. The first-order chi connectivity index (χ1) is 9.76. The van der Waals surface area contributed by atoms with Gasteiger partial charge in [0.2, 0.25) is 0 Å². The van der Waals surface area contributed by atoms with Crippen LogP contribution in [-0.2, 0) is 11.3 Å². The van der Waals surface area contributed by atoms with Crippen molar-refractivity contribution in [1.29, 1.82) is 0 Å². The molecule has 1 aromatic carbocycles. The van der Waals surface area contributed by atoms with Gasteiger partial charge in [-0.1, -0.05) is 0 Å². The number of nitrogens with one attached hydrogen (secondary N) is 1. The zero-order valence-electron chi connectivity index (χ0n) is 11.7. The fourth-order valence-electron chi connectivity index (χ4n) is 2.57. The molecule has 1 aromatic rings. The highest BCUT2D eigenvalue weighted by molar-refractivity contribution is 9.10. The van der Waals surface area contributed by atoms with Crippen molar-refractivity contribution >= 4 is 15.9 Å². The number of halogens is 1. The van der Waals surface area contributed by atoms with Crippen molar-refractivity contribution in [2.45, 2.75) is 38.0 Å². The first-order valence-corrected chi connectivity index (χ1v) is 7.90. The summed E-state index contributed by atoms with van der Waals surface area (Å²) < 4.78 is 17.7. The Hall–Kier alpha value is -0.780. The summed E-state index contributed by atoms with van der Waals surface area (Å²) in [5, 5.41) is 3.55. The largest absolute Gasteiger partial charge is 0.490 e. The average Bonchev–Trinajstić information content (AvgIpc) is 2.63. The summed E-state index contributed by atoms with van der Waals surface area (Å²) >= 11 is 3.57. The first-order valence-electron chi connectivity index (χ1n) is 7.10. The molecule has 1 aliphatic carbocycles. The zero-order valence-corrected chi connectivity index (χ0v) is 13.2. The molecule has 1 heterocycles. The second-order valence-corrected chi connectivity index (χ2v) is 6.22. The second kappa shape index (κ2) is 6.33. The molecule has 4 nitrogen and oxygen atoms in total. The maximum atomic E-state index is 5.75. The summed E-state index contributed by atoms with van der Waals surface area (Å²) in [7, 11) is 1.78. The Bertz CT molecular complexity index is 474. The third-order valence-corrected chi connectivity index (χ3v) is 4.47. The van der Waals surface area contributed by atoms with Gasteiger partial charge in [0.05, 0.1) is 23.8 Å². The van der Waals surface area contributed by atoms with Crippen molar-refractivity contribution in [3.8, 4) is 11.5 Å². The van der Waals surface area contributed by atoms with Crippen LogP contribution in [0, 0.1) is 0 Å². The molecule has 110 valence electrons. The lowest BCUT2D eigenvalue weighted by Crippen LogP contribution is -2.44. The lowest BCUT2D eigenvalue weighted by molar-refractivity contribution is 0.0170. The van der Waals surface area contributed by atoms with E-state index in [0.29, 0.717) is 25.4 Å². The van der Waals surface area contributed by atoms with Gasteiger partial charge < -0.3 is 19.5 Å². The highest BCUT2D eigenvalue weighted by Crippen LogP contribution is 2.38. The number of hydrogen-bond donors (Lipinski definition) is 1. The summed E-state index contributed by atoms with van der Waals surface area (Å²) in [6.07, 6.45) is 3.56. The van der Waals surface area contributed by atoms with Gasteiger partial charge in [0, 0.05) is 26.1 Å². The standard InChI is InChI=1S/C15H20BrNO3/c1-18-12-7-11(8-12)17-9-10-5-13(16)15-14(6-10)19-3-2-4-20-15/h5-6,11-12,17H,2-4,7-9H2,1H3. The third-order valence-electron chi connectivity index (χ3n) is 3.88. The van der Waals surface area contributed by atoms with E-state index in [9.17, 15) is 0 Å². The molecule has 1 aliphatic heterocycles. The molecule has 0 unspecified atom stereocenters. The van der Waals surface area contributed by atoms with E-state index >= 15 is 0 Å². The Kier molecular flexibility index (Phi) is 4.48. The second-order valence-electron chi connectivity index (χ2n) is 5.36. The van der Waals surface area contributed by atoms with E-state index in [2.05, 4.69) is 33.4 Å². The topological polar surface area (TPSA) is 39.7 Å². The SMILES string of the molecule is COC1CC(NCc2cc(Br)c3c(c2)OCCCO3)C1. The highest BCUT2D eigenvalue weighted by atomic mass is 79.9. The van der Waals surface area contributed by atoms with Gasteiger partial charge in [-0.15, -0.1) is 0 Å². The molecular formula is C15H20BrNO3. The predicted octanol–water partition coefficient (Wildman–Crippen LogP) is 2.88. The number of benzene rings is 1. The minimum atomic E-state index is 0.433. The number of hydrogen-bond acceptors (Lipinski definition) is 4. The summed E-state index contributed by atoms with van der Waals surface area (Å²) in [5.74, 6) is 1.67. The highest BCUT2D eigenvalue weighted by Gasteiger charge is 2.28. The van der Waals surface area contributed by atoms with Gasteiger partial charge in [-0.05, 0) is 46.5 Å². The van der Waals surface area contributed by atoms with E-state index in [1.807, 2.05) is 0 Å². The number of fused-ring (bicyclic) bond motifs is 1. The Morgan fingerprint density at radius 3 is 2.90 bits per heavy atom. The monoisotopic (exact) mass is 341 g/mol. The molecule has 0 radical (unpaired) electrons. The fourth-order valence-corrected chi connectivity index (χ4v) is 3.18.